The molecule has 4 fully saturated rings. The summed E-state index contributed by atoms with van der Waals surface area (Å²) in [7, 11) is 0. The van der Waals surface area contributed by atoms with Crippen LogP contribution in [0.15, 0.2) is 24.3 Å². The fraction of sp³-hybridized carbons (Fsp3) is 0.643. The maximum Gasteiger partial charge on any atom is 0.252 e. The van der Waals surface area contributed by atoms with Gasteiger partial charge in [-0.25, -0.2) is 0 Å². The van der Waals surface area contributed by atoms with Crippen molar-refractivity contribution in [2.24, 2.45) is 5.92 Å². The average Bonchev–Trinajstić information content (AvgIpc) is 3.67. The molecule has 0 radical (unpaired) electrons. The third-order valence-corrected chi connectivity index (χ3v) is 8.12. The number of Topliss-reactive ketones (excluding diaryl/α,β-unsaturated/α-hetero) is 1. The van der Waals surface area contributed by atoms with Crippen molar-refractivity contribution in [3.05, 3.63) is 29.8 Å². The second-order valence-electron chi connectivity index (χ2n) is 11.2. The van der Waals surface area contributed by atoms with Crippen molar-refractivity contribution in [2.45, 2.75) is 63.8 Å². The largest absolute Gasteiger partial charge is 0.369 e. The first-order valence-corrected chi connectivity index (χ1v) is 14.0. The average molecular weight is 526 g/mol. The van der Waals surface area contributed by atoms with E-state index in [1.807, 2.05) is 26.0 Å². The number of ether oxygens (including phenoxy) is 1. The fourth-order valence-corrected chi connectivity index (χ4v) is 6.20. The van der Waals surface area contributed by atoms with E-state index in [0.29, 0.717) is 38.0 Å². The Kier molecular flexibility index (Phi) is 7.99. The van der Waals surface area contributed by atoms with Crippen LogP contribution in [0.1, 0.15) is 49.9 Å². The molecule has 1 aromatic carbocycles. The van der Waals surface area contributed by atoms with Gasteiger partial charge < -0.3 is 30.1 Å². The molecular weight excluding hydrogens is 486 g/mol. The van der Waals surface area contributed by atoms with E-state index < -0.39 is 18.2 Å². The zero-order valence-electron chi connectivity index (χ0n) is 22.4. The van der Waals surface area contributed by atoms with Crippen molar-refractivity contribution < 1.29 is 23.9 Å². The molecule has 4 heterocycles. The number of carbonyl (C=O) groups excluding carboxylic acids is 4. The third-order valence-electron chi connectivity index (χ3n) is 8.12. The number of ketones is 1. The van der Waals surface area contributed by atoms with Crippen molar-refractivity contribution in [1.29, 1.82) is 0 Å². The Morgan fingerprint density at radius 1 is 1.05 bits per heavy atom. The number of nitrogens with zero attached hydrogens (tertiary/aromatic N) is 3. The normalized spacial score (nSPS) is 26.1. The van der Waals surface area contributed by atoms with E-state index in [1.54, 1.807) is 21.9 Å². The lowest BCUT2D eigenvalue weighted by Crippen LogP contribution is -2.53. The highest BCUT2D eigenvalue weighted by atomic mass is 16.5. The van der Waals surface area contributed by atoms with E-state index in [2.05, 4.69) is 15.5 Å². The molecule has 10 heteroatoms. The van der Waals surface area contributed by atoms with Gasteiger partial charge in [-0.2, -0.15) is 0 Å². The SMILES string of the molecule is CC(C)CC(NC(=O)c1ccc(N2CCNCC2)cc1)C(=O)N1CCC2C1C(=O)CN2C(=O)C1CCCO1. The molecule has 3 amide bonds. The second kappa shape index (κ2) is 11.4. The highest BCUT2D eigenvalue weighted by Crippen LogP contribution is 2.32. The van der Waals surface area contributed by atoms with Gasteiger partial charge >= 0.3 is 0 Å². The van der Waals surface area contributed by atoms with Crippen LogP contribution >= 0.6 is 0 Å². The molecule has 4 atom stereocenters. The summed E-state index contributed by atoms with van der Waals surface area (Å²) in [5, 5.41) is 6.28. The van der Waals surface area contributed by atoms with Gasteiger partial charge in [0.05, 0.1) is 12.6 Å². The topological polar surface area (TPSA) is 111 Å². The molecule has 206 valence electrons. The Morgan fingerprint density at radius 2 is 1.79 bits per heavy atom. The van der Waals surface area contributed by atoms with Gasteiger partial charge in [0.2, 0.25) is 5.91 Å². The first kappa shape index (κ1) is 26.6. The van der Waals surface area contributed by atoms with Crippen LogP contribution in [0.5, 0.6) is 0 Å². The molecule has 0 saturated carbocycles. The summed E-state index contributed by atoms with van der Waals surface area (Å²) < 4.78 is 5.56. The van der Waals surface area contributed by atoms with Crippen LogP contribution in [-0.2, 0) is 19.1 Å². The number of rotatable bonds is 7. The molecule has 2 N–H and O–H groups in total. The van der Waals surface area contributed by atoms with E-state index in [1.165, 1.54) is 0 Å². The van der Waals surface area contributed by atoms with E-state index in [-0.39, 0.29) is 42.0 Å². The number of piperazine rings is 1. The molecule has 4 saturated heterocycles. The standard InChI is InChI=1S/C28H39N5O5/c1-18(2)16-21(30-26(35)19-5-7-20(8-6-19)31-13-10-29-11-14-31)27(36)32-12-9-22-25(32)23(34)17-33(22)28(37)24-4-3-15-38-24/h5-8,18,21-22,24-25,29H,3-4,9-17H2,1-2H3,(H,30,35). The monoisotopic (exact) mass is 525 g/mol. The predicted molar refractivity (Wildman–Crippen MR) is 142 cm³/mol. The van der Waals surface area contributed by atoms with Crippen molar-refractivity contribution in [3.63, 3.8) is 0 Å². The molecular formula is C28H39N5O5. The number of likely N-dealkylation sites (tertiary alicyclic amines) is 2. The second-order valence-corrected chi connectivity index (χ2v) is 11.2. The summed E-state index contributed by atoms with van der Waals surface area (Å²) in [6.45, 7) is 8.68. The lowest BCUT2D eigenvalue weighted by molar-refractivity contribution is -0.142. The van der Waals surface area contributed by atoms with Gasteiger partial charge in [-0.1, -0.05) is 13.8 Å². The summed E-state index contributed by atoms with van der Waals surface area (Å²) >= 11 is 0. The molecule has 0 aliphatic carbocycles. The lowest BCUT2D eigenvalue weighted by atomic mass is 10.0. The summed E-state index contributed by atoms with van der Waals surface area (Å²) in [5.74, 6) is -0.662. The maximum atomic E-state index is 13.7. The van der Waals surface area contributed by atoms with Crippen LogP contribution in [-0.4, -0.2) is 103 Å². The van der Waals surface area contributed by atoms with Crippen molar-refractivity contribution >= 4 is 29.2 Å². The van der Waals surface area contributed by atoms with E-state index in [4.69, 9.17) is 4.74 Å². The molecule has 1 aromatic rings. The summed E-state index contributed by atoms with van der Waals surface area (Å²) in [5.41, 5.74) is 1.57. The summed E-state index contributed by atoms with van der Waals surface area (Å²) in [6, 6.07) is 5.76. The summed E-state index contributed by atoms with van der Waals surface area (Å²) in [4.78, 5) is 58.4. The Hall–Kier alpha value is -2.98. The first-order chi connectivity index (χ1) is 18.3. The van der Waals surface area contributed by atoms with Crippen LogP contribution in [0.25, 0.3) is 0 Å². The molecule has 5 rings (SSSR count). The highest BCUT2D eigenvalue weighted by molar-refractivity contribution is 6.01. The quantitative estimate of drug-likeness (QED) is 0.542. The number of anilines is 1. The van der Waals surface area contributed by atoms with Crippen LogP contribution in [0.3, 0.4) is 0 Å². The zero-order valence-corrected chi connectivity index (χ0v) is 22.4. The van der Waals surface area contributed by atoms with Crippen LogP contribution < -0.4 is 15.5 Å². The number of amides is 3. The molecule has 4 unspecified atom stereocenters. The van der Waals surface area contributed by atoms with Crippen LogP contribution in [0.4, 0.5) is 5.69 Å². The molecule has 38 heavy (non-hydrogen) atoms. The van der Waals surface area contributed by atoms with Gasteiger partial charge in [0, 0.05) is 50.6 Å². The van der Waals surface area contributed by atoms with Crippen molar-refractivity contribution in [1.82, 2.24) is 20.4 Å². The smallest absolute Gasteiger partial charge is 0.252 e. The van der Waals surface area contributed by atoms with Gasteiger partial charge in [-0.3, -0.25) is 19.2 Å². The number of benzene rings is 1. The fourth-order valence-electron chi connectivity index (χ4n) is 6.20. The number of fused-ring (bicyclic) bond motifs is 1. The Balaban J connectivity index is 1.26. The Labute approximate surface area is 224 Å². The highest BCUT2D eigenvalue weighted by Gasteiger charge is 2.53. The van der Waals surface area contributed by atoms with E-state index in [0.717, 1.165) is 38.3 Å². The Morgan fingerprint density at radius 3 is 2.45 bits per heavy atom. The molecule has 4 aliphatic heterocycles. The van der Waals surface area contributed by atoms with E-state index >= 15 is 0 Å². The van der Waals surface area contributed by atoms with Gasteiger partial charge in [-0.05, 0) is 55.9 Å². The van der Waals surface area contributed by atoms with E-state index in [9.17, 15) is 19.2 Å². The minimum absolute atomic E-state index is 0.0123. The molecule has 0 spiro atoms. The summed E-state index contributed by atoms with van der Waals surface area (Å²) in [6.07, 6.45) is 2.03. The zero-order chi connectivity index (χ0) is 26.8. The third kappa shape index (κ3) is 5.42. The number of hydrogen-bond acceptors (Lipinski definition) is 7. The minimum atomic E-state index is -0.746. The molecule has 10 nitrogen and oxygen atoms in total. The number of hydrogen-bond donors (Lipinski definition) is 2. The Bertz CT molecular complexity index is 1050. The molecule has 0 bridgehead atoms. The maximum absolute atomic E-state index is 13.7. The van der Waals surface area contributed by atoms with Gasteiger partial charge in [0.25, 0.3) is 11.8 Å². The van der Waals surface area contributed by atoms with Gasteiger partial charge in [-0.15, -0.1) is 0 Å². The minimum Gasteiger partial charge on any atom is -0.369 e. The van der Waals surface area contributed by atoms with Crippen molar-refractivity contribution in [2.75, 3.05) is 50.8 Å². The van der Waals surface area contributed by atoms with Crippen molar-refractivity contribution in [3.8, 4) is 0 Å². The first-order valence-electron chi connectivity index (χ1n) is 14.0. The lowest BCUT2D eigenvalue weighted by Gasteiger charge is -2.30. The van der Waals surface area contributed by atoms with Gasteiger partial charge in [0.15, 0.2) is 5.78 Å². The molecule has 0 aromatic heterocycles. The van der Waals surface area contributed by atoms with Gasteiger partial charge in [0.1, 0.15) is 18.2 Å². The predicted octanol–water partition coefficient (Wildman–Crippen LogP) is 0.801. The molecule has 4 aliphatic rings. The number of carbonyl (C=O) groups is 4. The van der Waals surface area contributed by atoms with Crippen LogP contribution in [0.2, 0.25) is 0 Å². The van der Waals surface area contributed by atoms with Crippen LogP contribution in [0, 0.1) is 5.92 Å². The number of nitrogens with one attached hydrogen (secondary N) is 2.